The molecule has 1 fully saturated rings. The summed E-state index contributed by atoms with van der Waals surface area (Å²) < 4.78 is 0. The van der Waals surface area contributed by atoms with Crippen LogP contribution < -0.4 is 0 Å². The third-order valence-electron chi connectivity index (χ3n) is 2.50. The molecule has 0 spiro atoms. The van der Waals surface area contributed by atoms with Crippen molar-refractivity contribution in [2.75, 3.05) is 13.1 Å². The first kappa shape index (κ1) is 26.9. The zero-order valence-corrected chi connectivity index (χ0v) is 12.4. The van der Waals surface area contributed by atoms with Gasteiger partial charge in [-0.3, -0.25) is 9.59 Å². The Kier molecular flexibility index (Phi) is 17.6. The Labute approximate surface area is 124 Å². The van der Waals surface area contributed by atoms with Crippen LogP contribution in [0.3, 0.4) is 0 Å². The first-order chi connectivity index (χ1) is 7.40. The van der Waals surface area contributed by atoms with Gasteiger partial charge < -0.3 is 37.7 Å². The molecular formula is C9H20N2O7Pt. The van der Waals surface area contributed by atoms with Gasteiger partial charge in [0.15, 0.2) is 5.41 Å². The second kappa shape index (κ2) is 12.5. The smallest absolute Gasteiger partial charge is 0.675 e. The zero-order chi connectivity index (χ0) is 12.8. The third kappa shape index (κ3) is 7.56. The molecule has 0 aromatic heterocycles. The van der Waals surface area contributed by atoms with E-state index in [0.717, 1.165) is 0 Å². The van der Waals surface area contributed by atoms with E-state index in [2.05, 4.69) is 0 Å². The van der Waals surface area contributed by atoms with Crippen LogP contribution in [-0.4, -0.2) is 57.4 Å². The average Bonchev–Trinajstić information content (AvgIpc) is 2.14. The van der Waals surface area contributed by atoms with Crippen molar-refractivity contribution in [1.82, 2.24) is 0 Å². The maximum Gasteiger partial charge on any atom is 2.00 e. The molecule has 0 radical (unpaired) electrons. The summed E-state index contributed by atoms with van der Waals surface area (Å²) in [5.41, 5.74) is 11.4. The normalized spacial score (nSPS) is 14.3. The van der Waals surface area contributed by atoms with Crippen molar-refractivity contribution in [1.29, 1.82) is 0 Å². The second-order valence-electron chi connectivity index (χ2n) is 3.61. The van der Waals surface area contributed by atoms with Crippen LogP contribution in [0.15, 0.2) is 0 Å². The van der Waals surface area contributed by atoms with Crippen LogP contribution >= 0.6 is 0 Å². The fourth-order valence-corrected chi connectivity index (χ4v) is 1.12. The Bertz CT molecular complexity index is 241. The molecular weight excluding hydrogens is 443 g/mol. The predicted octanol–water partition coefficient (Wildman–Crippen LogP) is -0.874. The first-order valence-electron chi connectivity index (χ1n) is 4.84. The van der Waals surface area contributed by atoms with Gasteiger partial charge >= 0.3 is 33.0 Å². The maximum atomic E-state index is 10.4. The molecule has 0 aromatic carbocycles. The minimum Gasteiger partial charge on any atom is -0.675 e. The van der Waals surface area contributed by atoms with Crippen molar-refractivity contribution >= 4 is 11.9 Å². The van der Waals surface area contributed by atoms with Crippen molar-refractivity contribution in [2.45, 2.75) is 25.4 Å². The largest absolute Gasteiger partial charge is 2.00 e. The van der Waals surface area contributed by atoms with Crippen LogP contribution in [0, 0.1) is 5.41 Å². The third-order valence-corrected chi connectivity index (χ3v) is 2.50. The molecule has 0 amide bonds. The monoisotopic (exact) mass is 463 g/mol. The number of aliphatic hydroxyl groups excluding tert-OH is 1. The van der Waals surface area contributed by atoms with E-state index >= 15 is 0 Å². The Morgan fingerprint density at radius 2 is 1.37 bits per heavy atom. The second-order valence-corrected chi connectivity index (χ2v) is 3.61. The van der Waals surface area contributed by atoms with Gasteiger partial charge in [-0.15, -0.1) is 13.1 Å². The molecule has 0 bridgehead atoms. The molecule has 9 nitrogen and oxygen atoms in total. The van der Waals surface area contributed by atoms with E-state index in [9.17, 15) is 9.59 Å². The molecule has 0 aliphatic heterocycles. The minimum atomic E-state index is -1.44. The van der Waals surface area contributed by atoms with Crippen LogP contribution in [0.1, 0.15) is 19.3 Å². The number of aliphatic carboxylic acids is 2. The van der Waals surface area contributed by atoms with E-state index in [-0.39, 0.29) is 57.9 Å². The number of rotatable bonds is 4. The van der Waals surface area contributed by atoms with Crippen LogP contribution in [0.2, 0.25) is 0 Å². The molecule has 118 valence electrons. The van der Waals surface area contributed by atoms with E-state index in [1.807, 2.05) is 0 Å². The van der Waals surface area contributed by atoms with Crippen LogP contribution in [0.25, 0.3) is 11.5 Å². The fourth-order valence-electron chi connectivity index (χ4n) is 1.12. The zero-order valence-electron chi connectivity index (χ0n) is 10.1. The number of hydrogen-bond donors (Lipinski definition) is 3. The van der Waals surface area contributed by atoms with Gasteiger partial charge in [0.1, 0.15) is 0 Å². The molecule has 1 aliphatic rings. The van der Waals surface area contributed by atoms with Gasteiger partial charge in [0.05, 0.1) is 0 Å². The van der Waals surface area contributed by atoms with Gasteiger partial charge in [-0.05, 0) is 19.3 Å². The molecule has 9 N–H and O–H groups in total. The summed E-state index contributed by atoms with van der Waals surface area (Å²) in [5.74, 6) is -2.41. The summed E-state index contributed by atoms with van der Waals surface area (Å²) in [6, 6.07) is 0. The molecule has 19 heavy (non-hydrogen) atoms. The first-order valence-corrected chi connectivity index (χ1v) is 4.84. The van der Waals surface area contributed by atoms with Gasteiger partial charge in [-0.25, -0.2) is 0 Å². The number of aliphatic hydroxyl groups is 1. The van der Waals surface area contributed by atoms with E-state index < -0.39 is 23.5 Å². The van der Waals surface area contributed by atoms with Gasteiger partial charge in [-0.2, -0.15) is 0 Å². The number of hydrogen-bond acceptors (Lipinski definition) is 3. The average molecular weight is 463 g/mol. The quantitative estimate of drug-likeness (QED) is 0.453. The van der Waals surface area contributed by atoms with Crippen molar-refractivity contribution < 1.29 is 56.9 Å². The van der Waals surface area contributed by atoms with Crippen molar-refractivity contribution in [3.8, 4) is 0 Å². The SMILES string of the molecule is O.O.O=C(O)C1(C(=O)O)CCC1.[NH-]CC(O)C[NH-].[Pt+2]. The van der Waals surface area contributed by atoms with E-state index in [1.54, 1.807) is 0 Å². The summed E-state index contributed by atoms with van der Waals surface area (Å²) in [4.78, 5) is 20.7. The molecule has 0 atom stereocenters. The molecule has 1 rings (SSSR count). The molecule has 0 heterocycles. The molecule has 1 saturated carbocycles. The van der Waals surface area contributed by atoms with Gasteiger partial charge in [0, 0.05) is 6.10 Å². The van der Waals surface area contributed by atoms with Crippen LogP contribution in [0.5, 0.6) is 0 Å². The molecule has 10 heteroatoms. The summed E-state index contributed by atoms with van der Waals surface area (Å²) in [6.45, 7) is -0.104. The predicted molar refractivity (Wildman–Crippen MR) is 63.2 cm³/mol. The van der Waals surface area contributed by atoms with E-state index in [1.165, 1.54) is 0 Å². The molecule has 0 aromatic rings. The fraction of sp³-hybridized carbons (Fsp3) is 0.778. The molecule has 1 aliphatic carbocycles. The van der Waals surface area contributed by atoms with Crippen LogP contribution in [0.4, 0.5) is 0 Å². The van der Waals surface area contributed by atoms with E-state index in [4.69, 9.17) is 26.8 Å². The Hall–Kier alpha value is -0.572. The maximum absolute atomic E-state index is 10.4. The number of carboxylic acid groups (broad SMARTS) is 2. The van der Waals surface area contributed by atoms with Gasteiger partial charge in [0.25, 0.3) is 0 Å². The number of carboxylic acids is 2. The van der Waals surface area contributed by atoms with Crippen LogP contribution in [-0.2, 0) is 30.7 Å². The molecule has 0 unspecified atom stereocenters. The topological polar surface area (TPSA) is 205 Å². The van der Waals surface area contributed by atoms with Crippen molar-refractivity contribution in [3.63, 3.8) is 0 Å². The standard InChI is InChI=1S/C6H8O4.C3H8N2O.2H2O.Pt/c7-4(8)6(5(9)10)2-1-3-6;4-1-3(6)2-5;;;/h1-3H2,(H,7,8)(H,9,10);3-6H,1-2H2;2*1H2;/q;-2;;;+2. The van der Waals surface area contributed by atoms with Gasteiger partial charge in [-0.1, -0.05) is 0 Å². The molecule has 0 saturated heterocycles. The summed E-state index contributed by atoms with van der Waals surface area (Å²) in [7, 11) is 0. The van der Waals surface area contributed by atoms with E-state index in [0.29, 0.717) is 6.42 Å². The number of nitrogens with one attached hydrogen (secondary N) is 2. The van der Waals surface area contributed by atoms with Gasteiger partial charge in [0.2, 0.25) is 0 Å². The Morgan fingerprint density at radius 3 is 1.37 bits per heavy atom. The summed E-state index contributed by atoms with van der Waals surface area (Å²) >= 11 is 0. The Balaban J connectivity index is -0.000000112. The summed E-state index contributed by atoms with van der Waals surface area (Å²) in [5, 5.41) is 25.2. The van der Waals surface area contributed by atoms with Crippen molar-refractivity contribution in [2.24, 2.45) is 5.41 Å². The summed E-state index contributed by atoms with van der Waals surface area (Å²) in [6.07, 6.45) is 0.526. The Morgan fingerprint density at radius 1 is 1.05 bits per heavy atom. The van der Waals surface area contributed by atoms with Crippen molar-refractivity contribution in [3.05, 3.63) is 11.5 Å². The number of carbonyl (C=O) groups is 2. The minimum absolute atomic E-state index is 0.